The second-order valence-corrected chi connectivity index (χ2v) is 7.00. The molecule has 21 heavy (non-hydrogen) atoms. The molecule has 1 fully saturated rings. The molecule has 1 atom stereocenters. The maximum Gasteiger partial charge on any atom is 0.0400 e. The predicted molar refractivity (Wildman–Crippen MR) is 92.0 cm³/mol. The summed E-state index contributed by atoms with van der Waals surface area (Å²) in [6.07, 6.45) is 0.962. The van der Waals surface area contributed by atoms with E-state index in [1.54, 1.807) is 0 Å². The molecule has 0 aromatic heterocycles. The van der Waals surface area contributed by atoms with E-state index in [0.29, 0.717) is 0 Å². The standard InChI is InChI=1S/C18H31N3/c1-14(2)13-20-7-9-21(10-8-20)18-6-5-15(3)11-17(18)12-16(4)19/h5-6,11,14,16H,7-10,12-13,19H2,1-4H3. The van der Waals surface area contributed by atoms with Crippen molar-refractivity contribution >= 4 is 5.69 Å². The van der Waals surface area contributed by atoms with E-state index in [1.807, 2.05) is 0 Å². The van der Waals surface area contributed by atoms with E-state index >= 15 is 0 Å². The highest BCUT2D eigenvalue weighted by Gasteiger charge is 2.19. The van der Waals surface area contributed by atoms with Crippen LogP contribution in [-0.4, -0.2) is 43.7 Å². The smallest absolute Gasteiger partial charge is 0.0400 e. The molecule has 1 heterocycles. The summed E-state index contributed by atoms with van der Waals surface area (Å²) in [5.41, 5.74) is 10.1. The fourth-order valence-corrected chi connectivity index (χ4v) is 3.22. The average Bonchev–Trinajstić information content (AvgIpc) is 2.39. The van der Waals surface area contributed by atoms with Crippen molar-refractivity contribution in [1.82, 2.24) is 4.90 Å². The molecule has 1 aromatic carbocycles. The van der Waals surface area contributed by atoms with Gasteiger partial charge in [-0.15, -0.1) is 0 Å². The second-order valence-electron chi connectivity index (χ2n) is 7.00. The van der Waals surface area contributed by atoms with E-state index in [0.717, 1.165) is 25.4 Å². The third kappa shape index (κ3) is 4.72. The molecule has 0 aliphatic carbocycles. The highest BCUT2D eigenvalue weighted by atomic mass is 15.3. The molecule has 1 aliphatic rings. The van der Waals surface area contributed by atoms with Crippen molar-refractivity contribution in [2.75, 3.05) is 37.6 Å². The Kier molecular flexibility index (Phi) is 5.65. The lowest BCUT2D eigenvalue weighted by Gasteiger charge is -2.38. The highest BCUT2D eigenvalue weighted by Crippen LogP contribution is 2.24. The van der Waals surface area contributed by atoms with Crippen molar-refractivity contribution in [3.8, 4) is 0 Å². The van der Waals surface area contributed by atoms with Crippen LogP contribution in [-0.2, 0) is 6.42 Å². The molecule has 118 valence electrons. The van der Waals surface area contributed by atoms with Gasteiger partial charge in [-0.3, -0.25) is 4.90 Å². The summed E-state index contributed by atoms with van der Waals surface area (Å²) in [6.45, 7) is 14.7. The largest absolute Gasteiger partial charge is 0.369 e. The average molecular weight is 289 g/mol. The molecule has 3 nitrogen and oxygen atoms in total. The summed E-state index contributed by atoms with van der Waals surface area (Å²) in [4.78, 5) is 5.12. The van der Waals surface area contributed by atoms with Crippen molar-refractivity contribution in [1.29, 1.82) is 0 Å². The maximum atomic E-state index is 6.02. The summed E-state index contributed by atoms with van der Waals surface area (Å²) in [6, 6.07) is 7.03. The number of benzene rings is 1. The van der Waals surface area contributed by atoms with Gasteiger partial charge in [-0.25, -0.2) is 0 Å². The zero-order valence-corrected chi connectivity index (χ0v) is 14.1. The Morgan fingerprint density at radius 2 is 1.76 bits per heavy atom. The quantitative estimate of drug-likeness (QED) is 0.904. The lowest BCUT2D eigenvalue weighted by atomic mass is 10.0. The lowest BCUT2D eigenvalue weighted by Crippen LogP contribution is -2.47. The second kappa shape index (κ2) is 7.28. The Hall–Kier alpha value is -1.06. The first-order valence-electron chi connectivity index (χ1n) is 8.28. The molecule has 0 radical (unpaired) electrons. The van der Waals surface area contributed by atoms with Crippen molar-refractivity contribution in [3.05, 3.63) is 29.3 Å². The molecular formula is C18H31N3. The number of hydrogen-bond donors (Lipinski definition) is 1. The summed E-state index contributed by atoms with van der Waals surface area (Å²) >= 11 is 0. The Labute approximate surface area is 130 Å². The van der Waals surface area contributed by atoms with Gasteiger partial charge in [0.2, 0.25) is 0 Å². The monoisotopic (exact) mass is 289 g/mol. The molecule has 0 spiro atoms. The highest BCUT2D eigenvalue weighted by molar-refractivity contribution is 5.55. The van der Waals surface area contributed by atoms with Crippen molar-refractivity contribution < 1.29 is 0 Å². The van der Waals surface area contributed by atoms with Crippen molar-refractivity contribution in [3.63, 3.8) is 0 Å². The van der Waals surface area contributed by atoms with Crippen LogP contribution in [0.15, 0.2) is 18.2 Å². The van der Waals surface area contributed by atoms with Crippen LogP contribution in [0.1, 0.15) is 31.9 Å². The van der Waals surface area contributed by atoms with E-state index in [1.165, 1.54) is 36.4 Å². The molecule has 1 unspecified atom stereocenters. The van der Waals surface area contributed by atoms with Crippen molar-refractivity contribution in [2.45, 2.75) is 40.2 Å². The van der Waals surface area contributed by atoms with E-state index in [9.17, 15) is 0 Å². The Balaban J connectivity index is 2.05. The lowest BCUT2D eigenvalue weighted by molar-refractivity contribution is 0.231. The normalized spacial score (nSPS) is 18.3. The first-order chi connectivity index (χ1) is 9.95. The van der Waals surface area contributed by atoms with Crippen LogP contribution in [0.3, 0.4) is 0 Å². The Bertz CT molecular complexity index is 446. The number of nitrogens with two attached hydrogens (primary N) is 1. The predicted octanol–water partition coefficient (Wildman–Crippen LogP) is 2.66. The molecule has 0 saturated carbocycles. The number of aryl methyl sites for hydroxylation is 1. The number of rotatable bonds is 5. The molecule has 1 saturated heterocycles. The summed E-state index contributed by atoms with van der Waals surface area (Å²) in [5, 5.41) is 0. The minimum Gasteiger partial charge on any atom is -0.369 e. The van der Waals surface area contributed by atoms with Crippen LogP contribution >= 0.6 is 0 Å². The topological polar surface area (TPSA) is 32.5 Å². The van der Waals surface area contributed by atoms with Gasteiger partial charge in [0.25, 0.3) is 0 Å². The number of anilines is 1. The fourth-order valence-electron chi connectivity index (χ4n) is 3.22. The summed E-state index contributed by atoms with van der Waals surface area (Å²) in [7, 11) is 0. The van der Waals surface area contributed by atoms with Gasteiger partial charge in [-0.1, -0.05) is 31.5 Å². The van der Waals surface area contributed by atoms with E-state index in [4.69, 9.17) is 5.73 Å². The molecule has 1 aliphatic heterocycles. The number of piperazine rings is 1. The van der Waals surface area contributed by atoms with E-state index < -0.39 is 0 Å². The van der Waals surface area contributed by atoms with Gasteiger partial charge in [-0.05, 0) is 37.8 Å². The third-order valence-corrected chi connectivity index (χ3v) is 4.11. The molecule has 2 N–H and O–H groups in total. The Morgan fingerprint density at radius 3 is 2.33 bits per heavy atom. The fraction of sp³-hybridized carbons (Fsp3) is 0.667. The van der Waals surface area contributed by atoms with Gasteiger partial charge in [0.05, 0.1) is 0 Å². The molecule has 1 aromatic rings. The summed E-state index contributed by atoms with van der Waals surface area (Å²) < 4.78 is 0. The van der Waals surface area contributed by atoms with Crippen molar-refractivity contribution in [2.24, 2.45) is 11.7 Å². The van der Waals surface area contributed by atoms with Crippen LogP contribution in [0.2, 0.25) is 0 Å². The van der Waals surface area contributed by atoms with Crippen LogP contribution in [0.4, 0.5) is 5.69 Å². The molecular weight excluding hydrogens is 258 g/mol. The number of hydrogen-bond acceptors (Lipinski definition) is 3. The molecule has 0 amide bonds. The molecule has 0 bridgehead atoms. The molecule has 2 rings (SSSR count). The van der Waals surface area contributed by atoms with Gasteiger partial charge in [0.15, 0.2) is 0 Å². The number of nitrogens with zero attached hydrogens (tertiary/aromatic N) is 2. The van der Waals surface area contributed by atoms with Crippen LogP contribution < -0.4 is 10.6 Å². The first kappa shape index (κ1) is 16.3. The third-order valence-electron chi connectivity index (χ3n) is 4.11. The van der Waals surface area contributed by atoms with Crippen LogP contribution in [0.5, 0.6) is 0 Å². The zero-order valence-electron chi connectivity index (χ0n) is 14.1. The van der Waals surface area contributed by atoms with Gasteiger partial charge in [-0.2, -0.15) is 0 Å². The van der Waals surface area contributed by atoms with E-state index in [2.05, 4.69) is 55.7 Å². The van der Waals surface area contributed by atoms with Crippen LogP contribution in [0, 0.1) is 12.8 Å². The maximum absolute atomic E-state index is 6.02. The van der Waals surface area contributed by atoms with Gasteiger partial charge < -0.3 is 10.6 Å². The van der Waals surface area contributed by atoms with Gasteiger partial charge in [0, 0.05) is 44.5 Å². The first-order valence-corrected chi connectivity index (χ1v) is 8.28. The van der Waals surface area contributed by atoms with Gasteiger partial charge in [0.1, 0.15) is 0 Å². The van der Waals surface area contributed by atoms with E-state index in [-0.39, 0.29) is 6.04 Å². The summed E-state index contributed by atoms with van der Waals surface area (Å²) in [5.74, 6) is 0.754. The van der Waals surface area contributed by atoms with Gasteiger partial charge >= 0.3 is 0 Å². The Morgan fingerprint density at radius 1 is 1.10 bits per heavy atom. The molecule has 3 heteroatoms. The minimum atomic E-state index is 0.216. The minimum absolute atomic E-state index is 0.216. The zero-order chi connectivity index (χ0) is 15.4. The van der Waals surface area contributed by atoms with Crippen LogP contribution in [0.25, 0.3) is 0 Å². The SMILES string of the molecule is Cc1ccc(N2CCN(CC(C)C)CC2)c(CC(C)N)c1.